The van der Waals surface area contributed by atoms with Gasteiger partial charge in [-0.15, -0.1) is 11.3 Å². The molecule has 0 spiro atoms. The number of amides is 1. The standard InChI is InChI=1S/C21H16ClFN4O5S2/c1-10-3-6-17(33-10)34(31,32)26-19(28)11-7-14(22)18(15(23)8-11)27-20(29)13-5-4-12(24-2)9-16(13)25-21(27)30/h3-9,24H,1-2H3,(H,25,30)(H,26,28). The Hall–Kier alpha value is -3.48. The van der Waals surface area contributed by atoms with Gasteiger partial charge >= 0.3 is 5.69 Å². The number of H-pyrrole nitrogens is 1. The number of halogens is 2. The van der Waals surface area contributed by atoms with Gasteiger partial charge in [0.1, 0.15) is 15.7 Å². The Kier molecular flexibility index (Phi) is 6.06. The van der Waals surface area contributed by atoms with E-state index in [-0.39, 0.29) is 15.1 Å². The van der Waals surface area contributed by atoms with Gasteiger partial charge in [0.2, 0.25) is 0 Å². The minimum absolute atomic E-state index is 0.0859. The molecule has 0 fully saturated rings. The van der Waals surface area contributed by atoms with Gasteiger partial charge in [0.25, 0.3) is 21.5 Å². The van der Waals surface area contributed by atoms with E-state index in [4.69, 9.17) is 11.6 Å². The van der Waals surface area contributed by atoms with Crippen LogP contribution < -0.4 is 21.3 Å². The molecule has 0 aliphatic carbocycles. The van der Waals surface area contributed by atoms with Crippen LogP contribution in [-0.2, 0) is 10.0 Å². The first-order chi connectivity index (χ1) is 16.0. The van der Waals surface area contributed by atoms with Crippen LogP contribution in [0.4, 0.5) is 10.1 Å². The number of fused-ring (bicyclic) bond motifs is 1. The highest BCUT2D eigenvalue weighted by Crippen LogP contribution is 2.26. The number of carbonyl (C=O) groups is 1. The van der Waals surface area contributed by atoms with Gasteiger partial charge in [-0.05, 0) is 49.4 Å². The summed E-state index contributed by atoms with van der Waals surface area (Å²) in [7, 11) is -2.51. The van der Waals surface area contributed by atoms with Gasteiger partial charge in [-0.25, -0.2) is 26.9 Å². The molecule has 4 aromatic rings. The van der Waals surface area contributed by atoms with Gasteiger partial charge < -0.3 is 10.3 Å². The van der Waals surface area contributed by atoms with Crippen LogP contribution in [0.15, 0.2) is 56.3 Å². The first-order valence-corrected chi connectivity index (χ1v) is 12.3. The predicted octanol–water partition coefficient (Wildman–Crippen LogP) is 3.00. The van der Waals surface area contributed by atoms with E-state index in [1.165, 1.54) is 12.1 Å². The summed E-state index contributed by atoms with van der Waals surface area (Å²) in [6, 6.07) is 9.20. The fourth-order valence-corrected chi connectivity index (χ4v) is 5.82. The Morgan fingerprint density at radius 1 is 1.15 bits per heavy atom. The number of thiophene rings is 1. The van der Waals surface area contributed by atoms with Gasteiger partial charge in [-0.3, -0.25) is 9.59 Å². The lowest BCUT2D eigenvalue weighted by molar-refractivity contribution is 0.0981. The molecule has 2 aromatic carbocycles. The molecule has 0 unspecified atom stereocenters. The highest BCUT2D eigenvalue weighted by Gasteiger charge is 2.24. The number of hydrogen-bond acceptors (Lipinski definition) is 7. The lowest BCUT2D eigenvalue weighted by Crippen LogP contribution is -2.35. The summed E-state index contributed by atoms with van der Waals surface area (Å²) in [4.78, 5) is 41.3. The third kappa shape index (κ3) is 4.22. The van der Waals surface area contributed by atoms with Crippen LogP contribution >= 0.6 is 22.9 Å². The Bertz CT molecular complexity index is 1670. The fraction of sp³-hybridized carbons (Fsp3) is 0.0952. The second-order valence-corrected chi connectivity index (χ2v) is 10.8. The number of aromatic amines is 1. The molecular formula is C21H16ClFN4O5S2. The van der Waals surface area contributed by atoms with Crippen molar-refractivity contribution in [1.29, 1.82) is 0 Å². The maximum atomic E-state index is 15.1. The first-order valence-electron chi connectivity index (χ1n) is 9.61. The highest BCUT2D eigenvalue weighted by atomic mass is 35.5. The van der Waals surface area contributed by atoms with Crippen LogP contribution in [-0.4, -0.2) is 30.9 Å². The number of rotatable bonds is 5. The van der Waals surface area contributed by atoms with Crippen molar-refractivity contribution in [3.8, 4) is 5.69 Å². The number of sulfonamides is 1. The number of aromatic nitrogens is 2. The molecule has 4 rings (SSSR count). The lowest BCUT2D eigenvalue weighted by atomic mass is 10.1. The number of nitrogens with zero attached hydrogens (tertiary/aromatic N) is 1. The molecule has 0 radical (unpaired) electrons. The van der Waals surface area contributed by atoms with Gasteiger partial charge in [0.15, 0.2) is 0 Å². The average Bonchev–Trinajstić information content (AvgIpc) is 3.22. The maximum absolute atomic E-state index is 15.1. The molecule has 0 saturated heterocycles. The summed E-state index contributed by atoms with van der Waals surface area (Å²) in [5.41, 5.74) is -1.87. The molecule has 3 N–H and O–H groups in total. The van der Waals surface area contributed by atoms with E-state index in [1.54, 1.807) is 32.2 Å². The van der Waals surface area contributed by atoms with Crippen molar-refractivity contribution in [1.82, 2.24) is 14.3 Å². The monoisotopic (exact) mass is 522 g/mol. The summed E-state index contributed by atoms with van der Waals surface area (Å²) in [5.74, 6) is -2.29. The maximum Gasteiger partial charge on any atom is 0.333 e. The summed E-state index contributed by atoms with van der Waals surface area (Å²) in [6.07, 6.45) is 0. The Labute approximate surface area is 200 Å². The third-order valence-corrected chi connectivity index (χ3v) is 8.01. The van der Waals surface area contributed by atoms with E-state index in [2.05, 4.69) is 10.3 Å². The molecule has 176 valence electrons. The number of anilines is 1. The van der Waals surface area contributed by atoms with Crippen LogP contribution in [0.2, 0.25) is 5.02 Å². The van der Waals surface area contributed by atoms with Crippen LogP contribution in [0, 0.1) is 12.7 Å². The van der Waals surface area contributed by atoms with E-state index in [9.17, 15) is 22.8 Å². The molecular weight excluding hydrogens is 507 g/mol. The van der Waals surface area contributed by atoms with Crippen LogP contribution in [0.5, 0.6) is 0 Å². The summed E-state index contributed by atoms with van der Waals surface area (Å²) in [5, 5.41) is 2.54. The largest absolute Gasteiger partial charge is 0.388 e. The average molecular weight is 523 g/mol. The van der Waals surface area contributed by atoms with Crippen molar-refractivity contribution in [2.24, 2.45) is 0 Å². The molecule has 0 bridgehead atoms. The number of nitrogens with one attached hydrogen (secondary N) is 3. The predicted molar refractivity (Wildman–Crippen MR) is 128 cm³/mol. The molecule has 9 nitrogen and oxygen atoms in total. The minimum Gasteiger partial charge on any atom is -0.388 e. The van der Waals surface area contributed by atoms with Crippen LogP contribution in [0.3, 0.4) is 0 Å². The zero-order valence-corrected chi connectivity index (χ0v) is 20.0. The molecule has 1 amide bonds. The smallest absolute Gasteiger partial charge is 0.333 e. The summed E-state index contributed by atoms with van der Waals surface area (Å²) < 4.78 is 42.2. The van der Waals surface area contributed by atoms with Crippen molar-refractivity contribution < 1.29 is 17.6 Å². The summed E-state index contributed by atoms with van der Waals surface area (Å²) >= 11 is 7.12. The lowest BCUT2D eigenvalue weighted by Gasteiger charge is -2.12. The van der Waals surface area contributed by atoms with E-state index in [0.29, 0.717) is 16.3 Å². The number of aryl methyl sites for hydroxylation is 1. The van der Waals surface area contributed by atoms with Crippen LogP contribution in [0.25, 0.3) is 16.6 Å². The summed E-state index contributed by atoms with van der Waals surface area (Å²) in [6.45, 7) is 1.70. The normalized spacial score (nSPS) is 11.5. The molecule has 34 heavy (non-hydrogen) atoms. The van der Waals surface area contributed by atoms with Crippen molar-refractivity contribution in [2.75, 3.05) is 12.4 Å². The molecule has 13 heteroatoms. The Morgan fingerprint density at radius 3 is 2.50 bits per heavy atom. The molecule has 0 atom stereocenters. The van der Waals surface area contributed by atoms with Crippen LogP contribution in [0.1, 0.15) is 15.2 Å². The highest BCUT2D eigenvalue weighted by molar-refractivity contribution is 7.92. The van der Waals surface area contributed by atoms with Gasteiger partial charge in [-0.1, -0.05) is 11.6 Å². The third-order valence-electron chi connectivity index (χ3n) is 4.90. The van der Waals surface area contributed by atoms with Gasteiger partial charge in [0.05, 0.1) is 15.9 Å². The molecule has 2 aromatic heterocycles. The van der Waals surface area contributed by atoms with E-state index >= 15 is 4.39 Å². The second-order valence-electron chi connectivity index (χ2n) is 7.17. The topological polar surface area (TPSA) is 130 Å². The Morgan fingerprint density at radius 2 is 1.88 bits per heavy atom. The van der Waals surface area contributed by atoms with Crippen molar-refractivity contribution in [3.05, 3.63) is 84.6 Å². The molecule has 0 saturated carbocycles. The van der Waals surface area contributed by atoms with Gasteiger partial charge in [-0.2, -0.15) is 0 Å². The van der Waals surface area contributed by atoms with Crippen molar-refractivity contribution >= 4 is 55.5 Å². The molecule has 0 aliphatic rings. The number of benzene rings is 2. The SMILES string of the molecule is CNc1ccc2c(=O)n(-c3c(F)cc(C(=O)NS(=O)(=O)c4ccc(C)s4)cc3Cl)c(=O)[nH]c2c1. The van der Waals surface area contributed by atoms with Gasteiger partial charge in [0, 0.05) is 23.2 Å². The zero-order chi connectivity index (χ0) is 24.8. The van der Waals surface area contributed by atoms with E-state index in [1.807, 2.05) is 4.72 Å². The van der Waals surface area contributed by atoms with E-state index in [0.717, 1.165) is 22.3 Å². The quantitative estimate of drug-likeness (QED) is 0.369. The van der Waals surface area contributed by atoms with Crippen molar-refractivity contribution in [3.63, 3.8) is 0 Å². The minimum atomic E-state index is -4.18. The van der Waals surface area contributed by atoms with E-state index < -0.39 is 49.3 Å². The molecule has 0 aliphatic heterocycles. The number of hydrogen-bond donors (Lipinski definition) is 3. The number of carbonyl (C=O) groups excluding carboxylic acids is 1. The molecule has 2 heterocycles. The zero-order valence-electron chi connectivity index (χ0n) is 17.6. The Balaban J connectivity index is 1.77. The first kappa shape index (κ1) is 23.7. The second kappa shape index (κ2) is 8.70. The fourth-order valence-electron chi connectivity index (χ4n) is 3.27. The van der Waals surface area contributed by atoms with Crippen molar-refractivity contribution in [2.45, 2.75) is 11.1 Å².